The predicted molar refractivity (Wildman–Crippen MR) is 67.9 cm³/mol. The summed E-state index contributed by atoms with van der Waals surface area (Å²) in [5, 5.41) is 9.55. The molecule has 0 saturated heterocycles. The predicted octanol–water partition coefficient (Wildman–Crippen LogP) is 3.92. The molecule has 0 aromatic heterocycles. The van der Waals surface area contributed by atoms with Crippen LogP contribution in [0.3, 0.4) is 0 Å². The van der Waals surface area contributed by atoms with E-state index in [2.05, 4.69) is 0 Å². The SMILES string of the molecule is O=C(O)C(SC(F)F)c1ccc2ccccc2c1. The molecule has 0 amide bonds. The fraction of sp³-hybridized carbons (Fsp3) is 0.154. The summed E-state index contributed by atoms with van der Waals surface area (Å²) in [5.41, 5.74) is 0.381. The van der Waals surface area contributed by atoms with Crippen molar-refractivity contribution in [2.75, 3.05) is 0 Å². The van der Waals surface area contributed by atoms with Crippen molar-refractivity contribution >= 4 is 28.5 Å². The molecule has 18 heavy (non-hydrogen) atoms. The molecule has 0 radical (unpaired) electrons. The summed E-state index contributed by atoms with van der Waals surface area (Å²) in [6, 6.07) is 12.4. The van der Waals surface area contributed by atoms with Crippen molar-refractivity contribution in [1.29, 1.82) is 0 Å². The van der Waals surface area contributed by atoms with Crippen molar-refractivity contribution in [3.63, 3.8) is 0 Å². The van der Waals surface area contributed by atoms with Crippen molar-refractivity contribution in [3.8, 4) is 0 Å². The van der Waals surface area contributed by atoms with Crippen LogP contribution in [0.4, 0.5) is 8.78 Å². The first-order valence-electron chi connectivity index (χ1n) is 5.23. The molecular formula is C13H10F2O2S. The van der Waals surface area contributed by atoms with E-state index >= 15 is 0 Å². The summed E-state index contributed by atoms with van der Waals surface area (Å²) in [5.74, 6) is -3.96. The molecule has 0 aliphatic heterocycles. The van der Waals surface area contributed by atoms with E-state index in [1.54, 1.807) is 18.2 Å². The van der Waals surface area contributed by atoms with E-state index in [4.69, 9.17) is 5.11 Å². The van der Waals surface area contributed by atoms with Crippen LogP contribution in [0.1, 0.15) is 10.8 Å². The van der Waals surface area contributed by atoms with E-state index in [0.717, 1.165) is 10.8 Å². The lowest BCUT2D eigenvalue weighted by atomic mass is 10.1. The van der Waals surface area contributed by atoms with Crippen LogP contribution < -0.4 is 0 Å². The van der Waals surface area contributed by atoms with Crippen LogP contribution in [0.15, 0.2) is 42.5 Å². The third kappa shape index (κ3) is 2.79. The number of fused-ring (bicyclic) bond motifs is 1. The number of benzene rings is 2. The van der Waals surface area contributed by atoms with Gasteiger partial charge in [-0.1, -0.05) is 48.2 Å². The monoisotopic (exact) mass is 268 g/mol. The Hall–Kier alpha value is -1.62. The van der Waals surface area contributed by atoms with E-state index < -0.39 is 17.0 Å². The maximum atomic E-state index is 12.3. The van der Waals surface area contributed by atoms with Gasteiger partial charge in [-0.2, -0.15) is 8.78 Å². The number of alkyl halides is 2. The molecule has 1 N–H and O–H groups in total. The maximum absolute atomic E-state index is 12.3. The summed E-state index contributed by atoms with van der Waals surface area (Å²) < 4.78 is 24.7. The highest BCUT2D eigenvalue weighted by Gasteiger charge is 2.24. The van der Waals surface area contributed by atoms with Crippen LogP contribution in [-0.4, -0.2) is 16.8 Å². The van der Waals surface area contributed by atoms with Gasteiger partial charge in [0.1, 0.15) is 5.25 Å². The smallest absolute Gasteiger partial charge is 0.321 e. The molecule has 0 aliphatic rings. The van der Waals surface area contributed by atoms with Gasteiger partial charge in [-0.3, -0.25) is 4.79 Å². The van der Waals surface area contributed by atoms with E-state index in [-0.39, 0.29) is 11.8 Å². The van der Waals surface area contributed by atoms with E-state index in [9.17, 15) is 13.6 Å². The number of rotatable bonds is 4. The number of aliphatic carboxylic acids is 1. The molecular weight excluding hydrogens is 258 g/mol. The Morgan fingerprint density at radius 3 is 2.39 bits per heavy atom. The lowest BCUT2D eigenvalue weighted by Crippen LogP contribution is -2.09. The third-order valence-corrected chi connectivity index (χ3v) is 3.49. The first kappa shape index (κ1) is 12.8. The van der Waals surface area contributed by atoms with Gasteiger partial charge in [0.05, 0.1) is 0 Å². The van der Waals surface area contributed by atoms with Crippen LogP contribution in [0.5, 0.6) is 0 Å². The average Bonchev–Trinajstić information content (AvgIpc) is 2.35. The standard InChI is InChI=1S/C13H10F2O2S/c14-13(15)18-11(12(16)17)10-6-5-8-3-1-2-4-9(8)7-10/h1-7,11,13H,(H,16,17). The van der Waals surface area contributed by atoms with Crippen LogP contribution in [-0.2, 0) is 4.79 Å². The molecule has 2 aromatic carbocycles. The largest absolute Gasteiger partial charge is 0.480 e. The number of thioether (sulfide) groups is 1. The van der Waals surface area contributed by atoms with Gasteiger partial charge in [-0.05, 0) is 22.4 Å². The zero-order chi connectivity index (χ0) is 13.1. The molecule has 0 aliphatic carbocycles. The lowest BCUT2D eigenvalue weighted by Gasteiger charge is -2.12. The second-order valence-electron chi connectivity index (χ2n) is 3.72. The van der Waals surface area contributed by atoms with Crippen molar-refractivity contribution in [2.24, 2.45) is 0 Å². The van der Waals surface area contributed by atoms with Gasteiger partial charge < -0.3 is 5.11 Å². The Morgan fingerprint density at radius 1 is 1.11 bits per heavy atom. The Morgan fingerprint density at radius 2 is 1.78 bits per heavy atom. The number of carboxylic acids is 1. The van der Waals surface area contributed by atoms with Gasteiger partial charge in [0.25, 0.3) is 5.76 Å². The van der Waals surface area contributed by atoms with Crippen LogP contribution in [0, 0.1) is 0 Å². The maximum Gasteiger partial charge on any atom is 0.321 e. The molecule has 0 fully saturated rings. The van der Waals surface area contributed by atoms with Gasteiger partial charge in [-0.15, -0.1) is 0 Å². The Kier molecular flexibility index (Phi) is 3.81. The summed E-state index contributed by atoms with van der Waals surface area (Å²) >= 11 is 0.136. The van der Waals surface area contributed by atoms with E-state index in [1.165, 1.54) is 0 Å². The topological polar surface area (TPSA) is 37.3 Å². The van der Waals surface area contributed by atoms with Gasteiger partial charge in [-0.25, -0.2) is 0 Å². The zero-order valence-electron chi connectivity index (χ0n) is 9.22. The number of carboxylic acid groups (broad SMARTS) is 1. The van der Waals surface area contributed by atoms with Crippen molar-refractivity contribution in [1.82, 2.24) is 0 Å². The fourth-order valence-corrected chi connectivity index (χ4v) is 2.38. The Bertz CT molecular complexity index is 572. The summed E-state index contributed by atoms with van der Waals surface area (Å²) in [6.07, 6.45) is 0. The minimum Gasteiger partial charge on any atom is -0.480 e. The molecule has 0 heterocycles. The van der Waals surface area contributed by atoms with Gasteiger partial charge in [0.2, 0.25) is 0 Å². The molecule has 94 valence electrons. The molecule has 0 saturated carbocycles. The highest BCUT2D eigenvalue weighted by atomic mass is 32.2. The molecule has 2 nitrogen and oxygen atoms in total. The Labute approximate surface area is 107 Å². The number of carbonyl (C=O) groups is 1. The summed E-state index contributed by atoms with van der Waals surface area (Å²) in [7, 11) is 0. The molecule has 2 aromatic rings. The normalized spacial score (nSPS) is 12.8. The van der Waals surface area contributed by atoms with E-state index in [1.807, 2.05) is 24.3 Å². The molecule has 0 bridgehead atoms. The van der Waals surface area contributed by atoms with Crippen molar-refractivity contribution in [3.05, 3.63) is 48.0 Å². The zero-order valence-corrected chi connectivity index (χ0v) is 10.0. The van der Waals surface area contributed by atoms with Crippen LogP contribution in [0.25, 0.3) is 10.8 Å². The second kappa shape index (κ2) is 5.35. The summed E-state index contributed by atoms with van der Waals surface area (Å²) in [6.45, 7) is 0. The fourth-order valence-electron chi connectivity index (χ4n) is 1.75. The average molecular weight is 268 g/mol. The minimum absolute atomic E-state index is 0.136. The molecule has 2 rings (SSSR count). The number of halogens is 2. The van der Waals surface area contributed by atoms with Gasteiger partial charge >= 0.3 is 5.97 Å². The molecule has 1 atom stereocenters. The third-order valence-electron chi connectivity index (χ3n) is 2.54. The van der Waals surface area contributed by atoms with Crippen LogP contribution in [0.2, 0.25) is 0 Å². The second-order valence-corrected chi connectivity index (χ2v) is 4.82. The first-order valence-corrected chi connectivity index (χ1v) is 6.17. The van der Waals surface area contributed by atoms with Crippen molar-refractivity contribution in [2.45, 2.75) is 11.0 Å². The highest BCUT2D eigenvalue weighted by Crippen LogP contribution is 2.35. The van der Waals surface area contributed by atoms with Crippen LogP contribution >= 0.6 is 11.8 Å². The minimum atomic E-state index is -2.71. The molecule has 0 spiro atoms. The number of hydrogen-bond donors (Lipinski definition) is 1. The van der Waals surface area contributed by atoms with Gasteiger partial charge in [0, 0.05) is 0 Å². The molecule has 5 heteroatoms. The van der Waals surface area contributed by atoms with Crippen molar-refractivity contribution < 1.29 is 18.7 Å². The Balaban J connectivity index is 2.41. The quantitative estimate of drug-likeness (QED) is 0.913. The number of hydrogen-bond acceptors (Lipinski definition) is 2. The highest BCUT2D eigenvalue weighted by molar-refractivity contribution is 8.00. The van der Waals surface area contributed by atoms with E-state index in [0.29, 0.717) is 5.56 Å². The lowest BCUT2D eigenvalue weighted by molar-refractivity contribution is -0.136. The summed E-state index contributed by atoms with van der Waals surface area (Å²) in [4.78, 5) is 11.0. The molecule has 1 unspecified atom stereocenters. The van der Waals surface area contributed by atoms with Gasteiger partial charge in [0.15, 0.2) is 0 Å². The first-order chi connectivity index (χ1) is 8.58.